The zero-order valence-corrected chi connectivity index (χ0v) is 15.9. The number of benzene rings is 1. The fraction of sp³-hybridized carbons (Fsp3) is 0.400. The minimum atomic E-state index is -0.243. The fourth-order valence-corrected chi connectivity index (χ4v) is 2.42. The molecule has 6 nitrogen and oxygen atoms in total. The number of rotatable bonds is 7. The molecule has 0 aliphatic heterocycles. The van der Waals surface area contributed by atoms with Gasteiger partial charge < -0.3 is 19.4 Å². The number of aryl methyl sites for hydroxylation is 1. The van der Waals surface area contributed by atoms with Gasteiger partial charge in [0.05, 0.1) is 25.3 Å². The van der Waals surface area contributed by atoms with Crippen LogP contribution in [0.15, 0.2) is 41.3 Å². The number of amides is 1. The minimum Gasteiger partial charge on any atom is -0.493 e. The Labute approximate surface area is 153 Å². The molecular weight excluding hydrogens is 332 g/mol. The van der Waals surface area contributed by atoms with E-state index in [1.54, 1.807) is 14.2 Å². The number of hydrogen-bond acceptors (Lipinski definition) is 4. The summed E-state index contributed by atoms with van der Waals surface area (Å²) < 4.78 is 12.5. The second kappa shape index (κ2) is 8.56. The molecule has 0 saturated heterocycles. The highest BCUT2D eigenvalue weighted by Gasteiger charge is 2.15. The van der Waals surface area contributed by atoms with Gasteiger partial charge in [-0.15, -0.1) is 0 Å². The molecular formula is C20H26N2O4. The third-order valence-corrected chi connectivity index (χ3v) is 3.96. The van der Waals surface area contributed by atoms with Gasteiger partial charge in [-0.2, -0.15) is 0 Å². The van der Waals surface area contributed by atoms with Crippen LogP contribution in [0, 0.1) is 5.92 Å². The molecule has 2 rings (SSSR count). The van der Waals surface area contributed by atoms with Crippen LogP contribution in [0.4, 0.5) is 0 Å². The maximum Gasteiger partial charge on any atom is 0.253 e. The largest absolute Gasteiger partial charge is 0.493 e. The van der Waals surface area contributed by atoms with Crippen LogP contribution >= 0.6 is 0 Å². The van der Waals surface area contributed by atoms with E-state index in [9.17, 15) is 9.59 Å². The lowest BCUT2D eigenvalue weighted by atomic mass is 10.1. The summed E-state index contributed by atoms with van der Waals surface area (Å²) in [6, 6.07) is 8.29. The smallest absolute Gasteiger partial charge is 0.253 e. The van der Waals surface area contributed by atoms with Gasteiger partial charge in [0.2, 0.25) is 5.56 Å². The molecule has 1 atom stereocenters. The van der Waals surface area contributed by atoms with Gasteiger partial charge in [-0.1, -0.05) is 19.9 Å². The molecule has 1 heterocycles. The van der Waals surface area contributed by atoms with Crippen LogP contribution in [0.5, 0.6) is 11.5 Å². The highest BCUT2D eigenvalue weighted by atomic mass is 16.5. The van der Waals surface area contributed by atoms with Crippen LogP contribution in [-0.2, 0) is 7.05 Å². The Balaban J connectivity index is 2.13. The Morgan fingerprint density at radius 3 is 2.50 bits per heavy atom. The maximum absolute atomic E-state index is 12.4. The highest BCUT2D eigenvalue weighted by Crippen LogP contribution is 2.30. The van der Waals surface area contributed by atoms with Crippen molar-refractivity contribution in [2.75, 3.05) is 13.7 Å². The molecule has 0 saturated carbocycles. The predicted molar refractivity (Wildman–Crippen MR) is 101 cm³/mol. The van der Waals surface area contributed by atoms with Crippen LogP contribution in [0.3, 0.4) is 0 Å². The Bertz CT molecular complexity index is 827. The van der Waals surface area contributed by atoms with E-state index in [0.29, 0.717) is 29.6 Å². The molecule has 1 aromatic carbocycles. The number of carbonyl (C=O) groups excluding carboxylic acids is 1. The summed E-state index contributed by atoms with van der Waals surface area (Å²) in [6.45, 7) is 6.66. The van der Waals surface area contributed by atoms with Gasteiger partial charge in [-0.05, 0) is 36.6 Å². The number of ether oxygens (including phenoxy) is 2. The van der Waals surface area contributed by atoms with Crippen LogP contribution in [0.25, 0.3) is 0 Å². The first-order valence-electron chi connectivity index (χ1n) is 8.60. The highest BCUT2D eigenvalue weighted by molar-refractivity contribution is 5.94. The first-order chi connectivity index (χ1) is 12.3. The second-order valence-corrected chi connectivity index (χ2v) is 6.68. The Morgan fingerprint density at radius 2 is 1.88 bits per heavy atom. The normalized spacial score (nSPS) is 11.9. The second-order valence-electron chi connectivity index (χ2n) is 6.68. The number of nitrogens with zero attached hydrogens (tertiary/aromatic N) is 1. The van der Waals surface area contributed by atoms with Crippen molar-refractivity contribution < 1.29 is 14.3 Å². The predicted octanol–water partition coefficient (Wildman–Crippen LogP) is 2.92. The van der Waals surface area contributed by atoms with Crippen molar-refractivity contribution in [2.24, 2.45) is 13.0 Å². The summed E-state index contributed by atoms with van der Waals surface area (Å²) >= 11 is 0. The molecule has 1 amide bonds. The first kappa shape index (κ1) is 19.6. The summed E-state index contributed by atoms with van der Waals surface area (Å²) in [5, 5.41) is 2.93. The van der Waals surface area contributed by atoms with Crippen LogP contribution < -0.4 is 20.3 Å². The van der Waals surface area contributed by atoms with E-state index in [-0.39, 0.29) is 17.5 Å². The molecule has 0 aliphatic rings. The Morgan fingerprint density at radius 1 is 1.15 bits per heavy atom. The fourth-order valence-electron chi connectivity index (χ4n) is 2.42. The number of carbonyl (C=O) groups is 1. The number of hydrogen-bond donors (Lipinski definition) is 1. The van der Waals surface area contributed by atoms with Crippen LogP contribution in [0.2, 0.25) is 0 Å². The summed E-state index contributed by atoms with van der Waals surface area (Å²) in [6.07, 6.45) is 1.52. The van der Waals surface area contributed by atoms with E-state index in [4.69, 9.17) is 9.47 Å². The van der Waals surface area contributed by atoms with Gasteiger partial charge in [0.25, 0.3) is 5.91 Å². The molecule has 0 bridgehead atoms. The summed E-state index contributed by atoms with van der Waals surface area (Å²) in [5.74, 6) is 1.49. The van der Waals surface area contributed by atoms with Crippen molar-refractivity contribution in [3.8, 4) is 11.5 Å². The quantitative estimate of drug-likeness (QED) is 0.826. The molecule has 1 aromatic heterocycles. The monoisotopic (exact) mass is 358 g/mol. The van der Waals surface area contributed by atoms with E-state index in [1.165, 1.54) is 22.9 Å². The average Bonchev–Trinajstić information content (AvgIpc) is 2.61. The first-order valence-corrected chi connectivity index (χ1v) is 8.60. The summed E-state index contributed by atoms with van der Waals surface area (Å²) in [7, 11) is 3.21. The van der Waals surface area contributed by atoms with Crippen molar-refractivity contribution in [3.05, 3.63) is 58.0 Å². The molecule has 1 N–H and O–H groups in total. The van der Waals surface area contributed by atoms with Crippen molar-refractivity contribution in [3.63, 3.8) is 0 Å². The van der Waals surface area contributed by atoms with Gasteiger partial charge in [-0.25, -0.2) is 0 Å². The number of nitrogens with one attached hydrogen (secondary N) is 1. The number of pyridine rings is 1. The van der Waals surface area contributed by atoms with Gasteiger partial charge in [0, 0.05) is 19.3 Å². The zero-order chi connectivity index (χ0) is 19.3. The molecule has 0 aliphatic carbocycles. The van der Waals surface area contributed by atoms with Crippen molar-refractivity contribution in [1.29, 1.82) is 0 Å². The summed E-state index contributed by atoms with van der Waals surface area (Å²) in [4.78, 5) is 23.8. The van der Waals surface area contributed by atoms with E-state index >= 15 is 0 Å². The van der Waals surface area contributed by atoms with Crippen molar-refractivity contribution in [2.45, 2.75) is 26.8 Å². The lowest BCUT2D eigenvalue weighted by Crippen LogP contribution is -2.28. The molecule has 26 heavy (non-hydrogen) atoms. The van der Waals surface area contributed by atoms with Gasteiger partial charge in [0.15, 0.2) is 11.5 Å². The molecule has 0 radical (unpaired) electrons. The van der Waals surface area contributed by atoms with E-state index in [1.807, 2.05) is 25.1 Å². The van der Waals surface area contributed by atoms with Gasteiger partial charge in [-0.3, -0.25) is 9.59 Å². The number of aromatic nitrogens is 1. The summed E-state index contributed by atoms with van der Waals surface area (Å²) in [5.41, 5.74) is 1.18. The van der Waals surface area contributed by atoms with E-state index in [0.717, 1.165) is 5.56 Å². The van der Waals surface area contributed by atoms with Crippen molar-refractivity contribution in [1.82, 2.24) is 9.88 Å². The van der Waals surface area contributed by atoms with Crippen molar-refractivity contribution >= 4 is 5.91 Å². The van der Waals surface area contributed by atoms with Crippen LogP contribution in [0.1, 0.15) is 42.7 Å². The number of methoxy groups -OCH3 is 1. The maximum atomic E-state index is 12.4. The molecule has 2 aromatic rings. The standard InChI is InChI=1S/C20H26N2O4/c1-13(2)12-26-17-8-6-15(10-18(17)25-5)14(3)21-20(24)16-7-9-19(23)22(4)11-16/h6-11,13-14H,12H2,1-5H3,(H,21,24). The molecule has 140 valence electrons. The molecule has 6 heteroatoms. The minimum absolute atomic E-state index is 0.156. The molecule has 1 unspecified atom stereocenters. The van der Waals surface area contributed by atoms with Gasteiger partial charge in [0.1, 0.15) is 0 Å². The molecule has 0 spiro atoms. The Hall–Kier alpha value is -2.76. The van der Waals surface area contributed by atoms with E-state index < -0.39 is 0 Å². The third-order valence-electron chi connectivity index (χ3n) is 3.96. The Kier molecular flexibility index (Phi) is 6.44. The lowest BCUT2D eigenvalue weighted by Gasteiger charge is -2.18. The van der Waals surface area contributed by atoms with E-state index in [2.05, 4.69) is 19.2 Å². The zero-order valence-electron chi connectivity index (χ0n) is 15.9. The van der Waals surface area contributed by atoms with Crippen LogP contribution in [-0.4, -0.2) is 24.2 Å². The topological polar surface area (TPSA) is 69.6 Å². The van der Waals surface area contributed by atoms with Gasteiger partial charge >= 0.3 is 0 Å². The SMILES string of the molecule is COc1cc(C(C)NC(=O)c2ccc(=O)n(C)c2)ccc1OCC(C)C. The lowest BCUT2D eigenvalue weighted by molar-refractivity contribution is 0.0939. The third kappa shape index (κ3) is 4.88. The average molecular weight is 358 g/mol. The molecule has 0 fully saturated rings.